The molecule has 0 amide bonds. The van der Waals surface area contributed by atoms with E-state index in [4.69, 9.17) is 0 Å². The predicted octanol–water partition coefficient (Wildman–Crippen LogP) is 2.89. The molecular weight excluding hydrogens is 242 g/mol. The van der Waals surface area contributed by atoms with Crippen LogP contribution < -0.4 is 10.6 Å². The normalized spacial score (nSPS) is 13.4. The molecule has 1 aromatic rings. The largest absolute Gasteiger partial charge is 0.357 e. The SMILES string of the molecule is CCCNC(=NCC(C)Cc1cccs1)NCC. The Balaban J connectivity index is 2.37. The molecule has 0 spiro atoms. The summed E-state index contributed by atoms with van der Waals surface area (Å²) in [5.74, 6) is 1.53. The van der Waals surface area contributed by atoms with Gasteiger partial charge in [-0.3, -0.25) is 4.99 Å². The molecule has 2 N–H and O–H groups in total. The van der Waals surface area contributed by atoms with E-state index in [0.29, 0.717) is 5.92 Å². The van der Waals surface area contributed by atoms with E-state index in [9.17, 15) is 0 Å². The zero-order chi connectivity index (χ0) is 13.2. The third-order valence-electron chi connectivity index (χ3n) is 2.58. The summed E-state index contributed by atoms with van der Waals surface area (Å²) in [6.07, 6.45) is 2.24. The Morgan fingerprint density at radius 1 is 1.39 bits per heavy atom. The molecule has 3 nitrogen and oxygen atoms in total. The molecule has 0 aliphatic rings. The van der Waals surface area contributed by atoms with Crippen molar-refractivity contribution in [2.24, 2.45) is 10.9 Å². The van der Waals surface area contributed by atoms with E-state index in [-0.39, 0.29) is 0 Å². The highest BCUT2D eigenvalue weighted by atomic mass is 32.1. The minimum absolute atomic E-state index is 0.584. The Morgan fingerprint density at radius 3 is 2.83 bits per heavy atom. The number of guanidine groups is 1. The summed E-state index contributed by atoms with van der Waals surface area (Å²) in [6, 6.07) is 4.31. The molecule has 0 radical (unpaired) electrons. The smallest absolute Gasteiger partial charge is 0.191 e. The van der Waals surface area contributed by atoms with E-state index < -0.39 is 0 Å². The van der Waals surface area contributed by atoms with Crippen molar-refractivity contribution in [3.8, 4) is 0 Å². The Labute approximate surface area is 115 Å². The molecule has 102 valence electrons. The monoisotopic (exact) mass is 267 g/mol. The molecule has 18 heavy (non-hydrogen) atoms. The van der Waals surface area contributed by atoms with Crippen LogP contribution in [0.25, 0.3) is 0 Å². The van der Waals surface area contributed by atoms with Crippen LogP contribution in [0.2, 0.25) is 0 Å². The lowest BCUT2D eigenvalue weighted by atomic mass is 10.1. The standard InChI is InChI=1S/C14H25N3S/c1-4-8-16-14(15-5-2)17-11-12(3)10-13-7-6-9-18-13/h6-7,9,12H,4-5,8,10-11H2,1-3H3,(H2,15,16,17). The number of hydrogen-bond acceptors (Lipinski definition) is 2. The van der Waals surface area contributed by atoms with Gasteiger partial charge in [-0.2, -0.15) is 0 Å². The Bertz CT molecular complexity index is 333. The summed E-state index contributed by atoms with van der Waals surface area (Å²) in [7, 11) is 0. The van der Waals surface area contributed by atoms with Crippen LogP contribution in [-0.4, -0.2) is 25.6 Å². The molecule has 1 rings (SSSR count). The fraction of sp³-hybridized carbons (Fsp3) is 0.643. The van der Waals surface area contributed by atoms with Gasteiger partial charge in [0.1, 0.15) is 0 Å². The molecule has 0 fully saturated rings. The Hall–Kier alpha value is -1.03. The van der Waals surface area contributed by atoms with E-state index in [1.165, 1.54) is 4.88 Å². The van der Waals surface area contributed by atoms with Gasteiger partial charge >= 0.3 is 0 Å². The third-order valence-corrected chi connectivity index (χ3v) is 3.48. The molecule has 0 saturated carbocycles. The Morgan fingerprint density at radius 2 is 2.22 bits per heavy atom. The van der Waals surface area contributed by atoms with E-state index >= 15 is 0 Å². The first-order valence-corrected chi connectivity index (χ1v) is 7.68. The van der Waals surface area contributed by atoms with Crippen molar-refractivity contribution in [3.05, 3.63) is 22.4 Å². The van der Waals surface area contributed by atoms with Crippen LogP contribution in [0.1, 0.15) is 32.1 Å². The highest BCUT2D eigenvalue weighted by Gasteiger charge is 2.04. The average Bonchev–Trinajstić information content (AvgIpc) is 2.85. The first-order chi connectivity index (χ1) is 8.76. The van der Waals surface area contributed by atoms with Gasteiger partial charge in [0.15, 0.2) is 5.96 Å². The summed E-state index contributed by atoms with van der Waals surface area (Å²) in [6.45, 7) is 9.28. The van der Waals surface area contributed by atoms with Gasteiger partial charge in [0.2, 0.25) is 0 Å². The highest BCUT2D eigenvalue weighted by Crippen LogP contribution is 2.14. The second-order valence-corrected chi connectivity index (χ2v) is 5.57. The number of rotatable bonds is 7. The highest BCUT2D eigenvalue weighted by molar-refractivity contribution is 7.09. The van der Waals surface area contributed by atoms with Crippen molar-refractivity contribution >= 4 is 17.3 Å². The van der Waals surface area contributed by atoms with Crippen molar-refractivity contribution in [1.82, 2.24) is 10.6 Å². The molecule has 0 bridgehead atoms. The number of aliphatic imine (C=N–C) groups is 1. The van der Waals surface area contributed by atoms with Crippen LogP contribution in [0.3, 0.4) is 0 Å². The summed E-state index contributed by atoms with van der Waals surface area (Å²) in [4.78, 5) is 6.08. The molecule has 1 heterocycles. The summed E-state index contributed by atoms with van der Waals surface area (Å²) in [5, 5.41) is 8.74. The lowest BCUT2D eigenvalue weighted by Crippen LogP contribution is -2.38. The van der Waals surface area contributed by atoms with Gasteiger partial charge in [-0.05, 0) is 37.1 Å². The van der Waals surface area contributed by atoms with Crippen LogP contribution in [-0.2, 0) is 6.42 Å². The second-order valence-electron chi connectivity index (χ2n) is 4.54. The summed E-state index contributed by atoms with van der Waals surface area (Å²) >= 11 is 1.83. The molecule has 0 aliphatic heterocycles. The molecule has 1 unspecified atom stereocenters. The van der Waals surface area contributed by atoms with Crippen LogP contribution in [0, 0.1) is 5.92 Å². The van der Waals surface area contributed by atoms with Crippen molar-refractivity contribution in [2.45, 2.75) is 33.6 Å². The van der Waals surface area contributed by atoms with Gasteiger partial charge in [0.05, 0.1) is 0 Å². The minimum atomic E-state index is 0.584. The topological polar surface area (TPSA) is 36.4 Å². The van der Waals surface area contributed by atoms with Gasteiger partial charge in [0, 0.05) is 24.5 Å². The van der Waals surface area contributed by atoms with Crippen LogP contribution >= 0.6 is 11.3 Å². The third kappa shape index (κ3) is 6.05. The number of thiophene rings is 1. The minimum Gasteiger partial charge on any atom is -0.357 e. The van der Waals surface area contributed by atoms with Gasteiger partial charge in [-0.25, -0.2) is 0 Å². The first-order valence-electron chi connectivity index (χ1n) is 6.80. The zero-order valence-electron chi connectivity index (χ0n) is 11.7. The zero-order valence-corrected chi connectivity index (χ0v) is 12.5. The van der Waals surface area contributed by atoms with Crippen molar-refractivity contribution < 1.29 is 0 Å². The van der Waals surface area contributed by atoms with E-state index in [1.807, 2.05) is 11.3 Å². The molecule has 0 aliphatic carbocycles. The van der Waals surface area contributed by atoms with Crippen LogP contribution in [0.5, 0.6) is 0 Å². The van der Waals surface area contributed by atoms with Gasteiger partial charge in [-0.1, -0.05) is 19.9 Å². The first kappa shape index (κ1) is 15.0. The van der Waals surface area contributed by atoms with Crippen molar-refractivity contribution in [2.75, 3.05) is 19.6 Å². The van der Waals surface area contributed by atoms with Crippen molar-refractivity contribution in [1.29, 1.82) is 0 Å². The van der Waals surface area contributed by atoms with Gasteiger partial charge in [-0.15, -0.1) is 11.3 Å². The lowest BCUT2D eigenvalue weighted by molar-refractivity contribution is 0.594. The van der Waals surface area contributed by atoms with Gasteiger partial charge in [0.25, 0.3) is 0 Å². The molecule has 0 saturated heterocycles. The number of nitrogens with zero attached hydrogens (tertiary/aromatic N) is 1. The molecule has 0 aromatic carbocycles. The van der Waals surface area contributed by atoms with Crippen LogP contribution in [0.4, 0.5) is 0 Å². The fourth-order valence-corrected chi connectivity index (χ4v) is 2.54. The van der Waals surface area contributed by atoms with E-state index in [1.54, 1.807) is 0 Å². The quantitative estimate of drug-likeness (QED) is 0.589. The molecule has 1 aromatic heterocycles. The average molecular weight is 267 g/mol. The van der Waals surface area contributed by atoms with Gasteiger partial charge < -0.3 is 10.6 Å². The molecule has 1 atom stereocenters. The van der Waals surface area contributed by atoms with Crippen molar-refractivity contribution in [3.63, 3.8) is 0 Å². The predicted molar refractivity (Wildman–Crippen MR) is 81.5 cm³/mol. The second kappa shape index (κ2) is 8.97. The van der Waals surface area contributed by atoms with E-state index in [2.05, 4.69) is 53.9 Å². The lowest BCUT2D eigenvalue weighted by Gasteiger charge is -2.12. The Kier molecular flexibility index (Phi) is 7.49. The maximum absolute atomic E-state index is 4.63. The number of nitrogens with one attached hydrogen (secondary N) is 2. The number of hydrogen-bond donors (Lipinski definition) is 2. The maximum Gasteiger partial charge on any atom is 0.191 e. The molecule has 4 heteroatoms. The van der Waals surface area contributed by atoms with Crippen LogP contribution in [0.15, 0.2) is 22.5 Å². The summed E-state index contributed by atoms with van der Waals surface area (Å²) < 4.78 is 0. The maximum atomic E-state index is 4.63. The summed E-state index contributed by atoms with van der Waals surface area (Å²) in [5.41, 5.74) is 0. The molecular formula is C14H25N3S. The fourth-order valence-electron chi connectivity index (χ4n) is 1.67. The van der Waals surface area contributed by atoms with E-state index in [0.717, 1.165) is 38.4 Å².